The molecule has 2 N–H and O–H groups in total. The van der Waals surface area contributed by atoms with Crippen molar-refractivity contribution in [1.29, 1.82) is 0 Å². The van der Waals surface area contributed by atoms with Crippen molar-refractivity contribution in [3.63, 3.8) is 0 Å². The smallest absolute Gasteiger partial charge is 0.237 e. The number of phenolic OH excluding ortho intramolecular Hbond substituents is 2. The number of nitrogens with zero attached hydrogens (tertiary/aromatic N) is 2. The van der Waals surface area contributed by atoms with Crippen LogP contribution < -0.4 is 0 Å². The van der Waals surface area contributed by atoms with E-state index in [2.05, 4.69) is 383 Å². The lowest BCUT2D eigenvalue weighted by molar-refractivity contribution is -0.0170. The number of hydrogen-bond acceptors (Lipinski definition) is 2. The van der Waals surface area contributed by atoms with Gasteiger partial charge in [0.25, 0.3) is 0 Å². The molecule has 0 spiro atoms. The fraction of sp³-hybridized carbons (Fsp3) is 0.378. The van der Waals surface area contributed by atoms with Gasteiger partial charge in [0.2, 0.25) is 11.5 Å². The van der Waals surface area contributed by atoms with Gasteiger partial charge in [-0.15, -0.1) is 0 Å². The molecule has 0 aliphatic heterocycles. The summed E-state index contributed by atoms with van der Waals surface area (Å²) < 4.78 is 44.5. The molecule has 12 aromatic carbocycles. The molecule has 14 aromatic rings. The number of aryl methyl sites for hydroxylation is 2. The van der Waals surface area contributed by atoms with Gasteiger partial charge in [-0.25, -0.2) is 8.78 Å². The predicted molar refractivity (Wildman–Crippen MR) is 540 cm³/mol. The largest absolute Gasteiger partial charge is 0.711 e. The molecule has 0 saturated heterocycles. The van der Waals surface area contributed by atoms with Crippen LogP contribution >= 0.6 is 0 Å². The van der Waals surface area contributed by atoms with E-state index < -0.39 is 22.5 Å². The molecule has 8 heteroatoms. The van der Waals surface area contributed by atoms with Crippen LogP contribution in [0.4, 0.5) is 8.78 Å². The standard InChI is InChI=1S/C119H140F2N2O4/c1-70-46-90(120)68-98(96-64-88(118(27,28)29)66-104(106(96)124)122-100-56-72(76-48-80(110(3,4)5)60-81(49-76)111(6,7)8)36-40-92(100)93-41-37-73(57-101(93)122)77-50-82(112(9,10)11)61-83(51-77)113(12,13)14)108(70)126(33)44-35-45-127(34)109-71(2)47-91(121)69-99(109)97-65-89(119(30,31)32)67-105(107(97)125)123-102-58-74(78-52-84(114(15,16)17)62-85(53-78)115(18,19)20)38-42-94(102)95-43-39-75(59-103(95)123)79-54-86(116(21,22)23)63-87(55-79)117(24,25)26/h36-43,46-69,124-125H,33-35,44-45H2,1-32H3. The van der Waals surface area contributed by atoms with Crippen LogP contribution in [0.1, 0.15) is 281 Å². The van der Waals surface area contributed by atoms with Crippen molar-refractivity contribution in [2.24, 2.45) is 0 Å². The van der Waals surface area contributed by atoms with Gasteiger partial charge < -0.3 is 28.1 Å². The van der Waals surface area contributed by atoms with E-state index in [4.69, 9.17) is 14.2 Å². The topological polar surface area (TPSA) is 55.7 Å². The lowest BCUT2D eigenvalue weighted by Crippen LogP contribution is -2.16. The van der Waals surface area contributed by atoms with E-state index in [0.29, 0.717) is 62.7 Å². The normalized spacial score (nSPS) is 13.2. The molecule has 664 valence electrons. The van der Waals surface area contributed by atoms with E-state index in [1.54, 1.807) is 0 Å². The van der Waals surface area contributed by atoms with Gasteiger partial charge in [-0.1, -0.05) is 329 Å². The van der Waals surface area contributed by atoms with Gasteiger partial charge in [0.15, 0.2) is 13.2 Å². The molecule has 0 saturated carbocycles. The zero-order valence-corrected chi connectivity index (χ0v) is 82.4. The first-order valence-electron chi connectivity index (χ1n) is 45.7. The van der Waals surface area contributed by atoms with Gasteiger partial charge in [0, 0.05) is 43.8 Å². The minimum atomic E-state index is -0.468. The molecule has 0 aliphatic rings. The summed E-state index contributed by atoms with van der Waals surface area (Å²) in [6.07, 6.45) is 0.420. The monoisotopic (exact) mass is 1700 g/mol. The molecule has 0 radical (unpaired) electrons. The molecule has 14 rings (SSSR count). The van der Waals surface area contributed by atoms with Crippen molar-refractivity contribution in [2.45, 2.75) is 282 Å². The molecule has 6 nitrogen and oxygen atoms in total. The Hall–Kier alpha value is -10.7. The van der Waals surface area contributed by atoms with Gasteiger partial charge in [0.05, 0.1) is 44.6 Å². The Kier molecular flexibility index (Phi) is 23.4. The highest BCUT2D eigenvalue weighted by atomic mass is 19.1. The number of benzene rings is 12. The molecule has 0 fully saturated rings. The Labute approximate surface area is 758 Å². The Morgan fingerprint density at radius 3 is 0.661 bits per heavy atom. The molecule has 0 bridgehead atoms. The maximum atomic E-state index is 16.9. The second-order valence-electron chi connectivity index (χ2n) is 47.0. The Bertz CT molecular complexity index is 5880. The Morgan fingerprint density at radius 2 is 0.457 bits per heavy atom. The lowest BCUT2D eigenvalue weighted by Gasteiger charge is -2.34. The molecular weight excluding hydrogens is 1560 g/mol. The summed E-state index contributed by atoms with van der Waals surface area (Å²) in [5.74, 6) is 0.198. The number of phenols is 2. The first kappa shape index (κ1) is 92.5. The first-order valence-corrected chi connectivity index (χ1v) is 45.7. The molecule has 0 unspecified atom stereocenters. The Balaban J connectivity index is 0.899. The quantitative estimate of drug-likeness (QED) is 0.0842. The van der Waals surface area contributed by atoms with Crippen LogP contribution in [0.25, 0.3) is 122 Å². The van der Waals surface area contributed by atoms with Crippen LogP contribution in [0.3, 0.4) is 0 Å². The number of hydrogen-bond donors (Lipinski definition) is 2. The predicted octanol–water partition coefficient (Wildman–Crippen LogP) is 34.4. The van der Waals surface area contributed by atoms with Crippen molar-refractivity contribution < 1.29 is 27.7 Å². The summed E-state index contributed by atoms with van der Waals surface area (Å²) in [7, 11) is 9.39. The van der Waals surface area contributed by atoms with Gasteiger partial charge in [-0.05, 0) is 255 Å². The average Bonchev–Trinajstić information content (AvgIpc) is 1.58. The molecule has 2 heterocycles. The van der Waals surface area contributed by atoms with Crippen LogP contribution in [-0.4, -0.2) is 32.6 Å². The first-order chi connectivity index (χ1) is 58.5. The third-order valence-corrected chi connectivity index (χ3v) is 26.3. The number of fused-ring (bicyclic) bond motifs is 6. The number of halogens is 2. The summed E-state index contributed by atoms with van der Waals surface area (Å²) in [4.78, 5) is 0. The van der Waals surface area contributed by atoms with Crippen LogP contribution in [0.2, 0.25) is 0 Å². The average molecular weight is 1700 g/mol. The third kappa shape index (κ3) is 18.4. The summed E-state index contributed by atoms with van der Waals surface area (Å²) in [5.41, 5.74) is 26.4. The zero-order chi connectivity index (χ0) is 93.2. The molecule has 127 heavy (non-hydrogen) atoms. The maximum Gasteiger partial charge on any atom is 0.237 e. The molecule has 2 aromatic heterocycles. The molecule has 0 atom stereocenters. The van der Waals surface area contributed by atoms with E-state index in [0.717, 1.165) is 99.2 Å². The highest BCUT2D eigenvalue weighted by molar-refractivity contribution is 6.13. The zero-order valence-electron chi connectivity index (χ0n) is 82.4. The minimum absolute atomic E-state index is 0.0149. The fourth-order valence-corrected chi connectivity index (χ4v) is 18.0. The van der Waals surface area contributed by atoms with Gasteiger partial charge in [-0.3, -0.25) is 0 Å². The van der Waals surface area contributed by atoms with E-state index >= 15 is 8.78 Å². The van der Waals surface area contributed by atoms with Crippen LogP contribution in [0.5, 0.6) is 23.0 Å². The molecular formula is C119H140F2N2O4. The van der Waals surface area contributed by atoms with E-state index in [1.807, 2.05) is 26.0 Å². The fourth-order valence-electron chi connectivity index (χ4n) is 18.0. The molecule has 0 aliphatic carbocycles. The summed E-state index contributed by atoms with van der Waals surface area (Å²) in [6, 6.07) is 69.7. The molecule has 0 amide bonds. The van der Waals surface area contributed by atoms with Gasteiger partial charge in [0.1, 0.15) is 29.6 Å². The van der Waals surface area contributed by atoms with Crippen LogP contribution in [0.15, 0.2) is 194 Å². The van der Waals surface area contributed by atoms with Gasteiger partial charge >= 0.3 is 0 Å². The maximum absolute atomic E-state index is 16.9. The second-order valence-corrected chi connectivity index (χ2v) is 47.0. The highest BCUT2D eigenvalue weighted by Crippen LogP contribution is 2.54. The van der Waals surface area contributed by atoms with Crippen molar-refractivity contribution >= 4 is 43.6 Å². The van der Waals surface area contributed by atoms with E-state index in [-0.39, 0.29) is 68.0 Å². The SMILES string of the molecule is [CH2-][O+](CCC[O+]([CH2-])c1c(C)cc(F)cc1-c1cc(C(C)(C)C)cc(-n2c3cc(-c4cc(C(C)(C)C)cc(C(C)(C)C)c4)ccc3c3ccc(-c4cc(C(C)(C)C)cc(C(C)(C)C)c4)cc32)c1O)c1c(C)cc(F)cc1-c1cc(C(C)(C)C)cc(-n2c3cc(-c4cc(C(C)(C)C)cc(C(C)(C)C)c4)ccc3c3ccc(-c4cc(C(C)(C)C)cc(C(C)(C)C)c4)cc32)c1O. The number of rotatable bonds is 14. The number of aromatic nitrogens is 2. The Morgan fingerprint density at radius 1 is 0.252 bits per heavy atom. The summed E-state index contributed by atoms with van der Waals surface area (Å²) >= 11 is 0. The van der Waals surface area contributed by atoms with Crippen LogP contribution in [-0.2, 0) is 62.9 Å². The van der Waals surface area contributed by atoms with Crippen LogP contribution in [0, 0.1) is 39.7 Å². The van der Waals surface area contributed by atoms with Gasteiger partial charge in [-0.2, -0.15) is 0 Å². The third-order valence-electron chi connectivity index (χ3n) is 26.3. The highest BCUT2D eigenvalue weighted by Gasteiger charge is 2.34. The minimum Gasteiger partial charge on any atom is -0.711 e. The van der Waals surface area contributed by atoms with E-state index in [1.165, 1.54) is 68.8 Å². The number of aromatic hydroxyl groups is 2. The van der Waals surface area contributed by atoms with Crippen molar-refractivity contribution in [3.05, 3.63) is 287 Å². The van der Waals surface area contributed by atoms with Crippen molar-refractivity contribution in [1.82, 2.24) is 9.13 Å². The summed E-state index contributed by atoms with van der Waals surface area (Å²) in [6.45, 7) is 72.0. The second kappa shape index (κ2) is 32.2. The summed E-state index contributed by atoms with van der Waals surface area (Å²) in [5, 5.41) is 31.8. The lowest BCUT2D eigenvalue weighted by atomic mass is 9.79. The van der Waals surface area contributed by atoms with Crippen molar-refractivity contribution in [3.8, 4) is 101 Å². The van der Waals surface area contributed by atoms with Crippen molar-refractivity contribution in [2.75, 3.05) is 13.2 Å². The van der Waals surface area contributed by atoms with E-state index in [9.17, 15) is 10.2 Å².